The van der Waals surface area contributed by atoms with Crippen molar-refractivity contribution in [2.75, 3.05) is 0 Å². The van der Waals surface area contributed by atoms with Crippen LogP contribution in [-0.4, -0.2) is 27.3 Å². The number of hydrogen-bond acceptors (Lipinski definition) is 3. The van der Waals surface area contributed by atoms with Gasteiger partial charge in [-0.2, -0.15) is 0 Å². The van der Waals surface area contributed by atoms with Gasteiger partial charge in [-0.25, -0.2) is 0 Å². The molecular weight excluding hydrogens is 170 g/mol. The van der Waals surface area contributed by atoms with Crippen molar-refractivity contribution in [3.05, 3.63) is 23.8 Å². The van der Waals surface area contributed by atoms with Crippen LogP contribution in [-0.2, 0) is 4.79 Å². The Balaban J connectivity index is 3.19. The van der Waals surface area contributed by atoms with Crippen LogP contribution in [0, 0.1) is 0 Å². The predicted octanol–water partition coefficient (Wildman–Crippen LogP) is -0.530. The van der Waals surface area contributed by atoms with Crippen LogP contribution in [0.1, 0.15) is 13.8 Å². The van der Waals surface area contributed by atoms with Crippen molar-refractivity contribution in [2.24, 2.45) is 5.73 Å². The molecule has 1 amide bonds. The molecule has 4 N–H and O–H groups in total. The monoisotopic (exact) mass is 183 g/mol. The maximum absolute atomic E-state index is 10.9. The van der Waals surface area contributed by atoms with Crippen LogP contribution in [0.15, 0.2) is 23.8 Å². The van der Waals surface area contributed by atoms with Crippen molar-refractivity contribution in [3.63, 3.8) is 0 Å². The van der Waals surface area contributed by atoms with Crippen molar-refractivity contribution in [1.82, 2.24) is 0 Å². The maximum Gasteiger partial charge on any atom is 0.247 e. The number of carbonyl (C=O) groups is 1. The highest BCUT2D eigenvalue weighted by molar-refractivity contribution is 5.95. The first kappa shape index (κ1) is 9.95. The van der Waals surface area contributed by atoms with Gasteiger partial charge in [-0.3, -0.25) is 4.79 Å². The lowest BCUT2D eigenvalue weighted by Crippen LogP contribution is -2.53. The van der Waals surface area contributed by atoms with E-state index in [1.165, 1.54) is 32.1 Å². The van der Waals surface area contributed by atoms with E-state index < -0.39 is 17.1 Å². The van der Waals surface area contributed by atoms with E-state index >= 15 is 0 Å². The van der Waals surface area contributed by atoms with Gasteiger partial charge in [0.05, 0.1) is 5.57 Å². The van der Waals surface area contributed by atoms with E-state index in [1.807, 2.05) is 0 Å². The molecule has 0 aromatic carbocycles. The van der Waals surface area contributed by atoms with E-state index in [0.717, 1.165) is 0 Å². The van der Waals surface area contributed by atoms with Gasteiger partial charge in [0.25, 0.3) is 0 Å². The smallest absolute Gasteiger partial charge is 0.247 e. The molecule has 0 bridgehead atoms. The molecule has 0 aromatic heterocycles. The number of nitrogens with two attached hydrogens (primary N) is 1. The highest BCUT2D eigenvalue weighted by Crippen LogP contribution is 2.33. The number of primary amides is 1. The van der Waals surface area contributed by atoms with E-state index in [2.05, 4.69) is 0 Å². The first-order valence-corrected chi connectivity index (χ1v) is 3.93. The molecule has 0 fully saturated rings. The zero-order valence-corrected chi connectivity index (χ0v) is 7.61. The summed E-state index contributed by atoms with van der Waals surface area (Å²) in [5.41, 5.74) is 1.97. The summed E-state index contributed by atoms with van der Waals surface area (Å²) >= 11 is 0. The summed E-state index contributed by atoms with van der Waals surface area (Å²) < 4.78 is 0. The number of hydrogen-bond donors (Lipinski definition) is 3. The van der Waals surface area contributed by atoms with E-state index in [9.17, 15) is 15.0 Å². The fourth-order valence-electron chi connectivity index (χ4n) is 1.25. The van der Waals surface area contributed by atoms with E-state index in [1.54, 1.807) is 0 Å². The molecule has 0 saturated heterocycles. The van der Waals surface area contributed by atoms with Crippen LogP contribution >= 0.6 is 0 Å². The molecule has 72 valence electrons. The SMILES string of the molecule is CC1(O)C=CC=C(C(N)=O)C1(C)O. The number of carbonyl (C=O) groups excluding carboxylic acids is 1. The highest BCUT2D eigenvalue weighted by atomic mass is 16.4. The fraction of sp³-hybridized carbons (Fsp3) is 0.444. The maximum atomic E-state index is 10.9. The number of rotatable bonds is 1. The number of aliphatic hydroxyl groups is 2. The largest absolute Gasteiger partial charge is 0.383 e. The lowest BCUT2D eigenvalue weighted by Gasteiger charge is -2.38. The second-order valence-corrected chi connectivity index (χ2v) is 3.52. The molecule has 0 spiro atoms. The minimum absolute atomic E-state index is 0.0139. The van der Waals surface area contributed by atoms with Crippen molar-refractivity contribution in [2.45, 2.75) is 25.0 Å². The zero-order chi connectivity index (χ0) is 10.3. The quantitative estimate of drug-likeness (QED) is 0.511. The highest BCUT2D eigenvalue weighted by Gasteiger charge is 2.46. The van der Waals surface area contributed by atoms with Crippen molar-refractivity contribution >= 4 is 5.91 Å². The van der Waals surface area contributed by atoms with Gasteiger partial charge < -0.3 is 15.9 Å². The Kier molecular flexibility index (Phi) is 2.05. The van der Waals surface area contributed by atoms with Gasteiger partial charge in [0.15, 0.2) is 0 Å². The molecule has 1 aliphatic carbocycles. The van der Waals surface area contributed by atoms with Crippen LogP contribution in [0.25, 0.3) is 0 Å². The second-order valence-electron chi connectivity index (χ2n) is 3.52. The molecule has 13 heavy (non-hydrogen) atoms. The van der Waals surface area contributed by atoms with Crippen LogP contribution in [0.4, 0.5) is 0 Å². The molecule has 4 nitrogen and oxygen atoms in total. The molecule has 0 heterocycles. The van der Waals surface area contributed by atoms with Gasteiger partial charge in [0.1, 0.15) is 11.2 Å². The van der Waals surface area contributed by atoms with E-state index in [4.69, 9.17) is 5.73 Å². The first-order valence-electron chi connectivity index (χ1n) is 3.93. The number of amides is 1. The second kappa shape index (κ2) is 2.68. The summed E-state index contributed by atoms with van der Waals surface area (Å²) in [5, 5.41) is 19.6. The van der Waals surface area contributed by atoms with E-state index in [-0.39, 0.29) is 5.57 Å². The zero-order valence-electron chi connectivity index (χ0n) is 7.61. The van der Waals surface area contributed by atoms with Crippen LogP contribution in [0.2, 0.25) is 0 Å². The average molecular weight is 183 g/mol. The minimum Gasteiger partial charge on any atom is -0.383 e. The fourth-order valence-corrected chi connectivity index (χ4v) is 1.25. The summed E-state index contributed by atoms with van der Waals surface area (Å²) in [5.74, 6) is -0.727. The molecular formula is C9H13NO3. The predicted molar refractivity (Wildman–Crippen MR) is 47.7 cm³/mol. The number of allylic oxidation sites excluding steroid dienone is 2. The Labute approximate surface area is 76.4 Å². The Morgan fingerprint density at radius 2 is 2.00 bits per heavy atom. The van der Waals surface area contributed by atoms with Gasteiger partial charge in [-0.15, -0.1) is 0 Å². The molecule has 0 aliphatic heterocycles. The lowest BCUT2D eigenvalue weighted by atomic mass is 9.76. The van der Waals surface area contributed by atoms with Gasteiger partial charge in [-0.1, -0.05) is 18.2 Å². The summed E-state index contributed by atoms with van der Waals surface area (Å²) in [7, 11) is 0. The van der Waals surface area contributed by atoms with Crippen molar-refractivity contribution in [3.8, 4) is 0 Å². The summed E-state index contributed by atoms with van der Waals surface area (Å²) in [4.78, 5) is 10.9. The van der Waals surface area contributed by atoms with Gasteiger partial charge in [0, 0.05) is 0 Å². The van der Waals surface area contributed by atoms with Gasteiger partial charge >= 0.3 is 0 Å². The Hall–Kier alpha value is -1.13. The Bertz CT molecular complexity index is 300. The molecule has 2 unspecified atom stereocenters. The average Bonchev–Trinajstić information content (AvgIpc) is 1.94. The minimum atomic E-state index is -1.63. The molecule has 0 aromatic rings. The molecule has 1 aliphatic rings. The summed E-state index contributed by atoms with van der Waals surface area (Å²) in [6.07, 6.45) is 4.32. The third-order valence-corrected chi connectivity index (χ3v) is 2.46. The summed E-state index contributed by atoms with van der Waals surface area (Å²) in [6, 6.07) is 0. The first-order chi connectivity index (χ1) is 5.79. The Morgan fingerprint density at radius 1 is 1.46 bits per heavy atom. The Morgan fingerprint density at radius 3 is 2.38 bits per heavy atom. The van der Waals surface area contributed by atoms with E-state index in [0.29, 0.717) is 0 Å². The van der Waals surface area contributed by atoms with Gasteiger partial charge in [0.2, 0.25) is 5.91 Å². The van der Waals surface area contributed by atoms with Crippen LogP contribution < -0.4 is 5.73 Å². The molecule has 0 saturated carbocycles. The van der Waals surface area contributed by atoms with Gasteiger partial charge in [-0.05, 0) is 13.8 Å². The molecule has 0 radical (unpaired) electrons. The summed E-state index contributed by atoms with van der Waals surface area (Å²) in [6.45, 7) is 2.77. The standard InChI is InChI=1S/C9H13NO3/c1-8(12)5-3-4-6(7(10)11)9(8,2)13/h3-5,12-13H,1-2H3,(H2,10,11). The lowest BCUT2D eigenvalue weighted by molar-refractivity contribution is -0.122. The van der Waals surface area contributed by atoms with Crippen LogP contribution in [0.3, 0.4) is 0 Å². The normalized spacial score (nSPS) is 38.6. The third-order valence-electron chi connectivity index (χ3n) is 2.46. The molecule has 1 rings (SSSR count). The molecule has 4 heteroatoms. The molecule has 2 atom stereocenters. The van der Waals surface area contributed by atoms with Crippen LogP contribution in [0.5, 0.6) is 0 Å². The van der Waals surface area contributed by atoms with Crippen molar-refractivity contribution in [1.29, 1.82) is 0 Å². The third kappa shape index (κ3) is 1.38. The van der Waals surface area contributed by atoms with Crippen molar-refractivity contribution < 1.29 is 15.0 Å². The topological polar surface area (TPSA) is 83.5 Å².